The molecule has 0 aromatic carbocycles. The van der Waals surface area contributed by atoms with Crippen molar-refractivity contribution in [1.29, 1.82) is 0 Å². The van der Waals surface area contributed by atoms with Gasteiger partial charge in [0, 0.05) is 19.1 Å². The van der Waals surface area contributed by atoms with Gasteiger partial charge >= 0.3 is 0 Å². The Bertz CT molecular complexity index is 459. The SMILES string of the molecule is CCNCC1CCCN(S(=O)(=O)NC2C(C)(C)C2(C)C)C1. The number of nitrogens with zero attached hydrogens (tertiary/aromatic N) is 1. The fourth-order valence-corrected chi connectivity index (χ4v) is 5.29. The van der Waals surface area contributed by atoms with Crippen LogP contribution in [0.25, 0.3) is 0 Å². The van der Waals surface area contributed by atoms with E-state index in [0.29, 0.717) is 19.0 Å². The maximum atomic E-state index is 12.6. The molecule has 1 atom stereocenters. The van der Waals surface area contributed by atoms with E-state index in [1.807, 2.05) is 0 Å². The Morgan fingerprint density at radius 3 is 2.33 bits per heavy atom. The number of piperidine rings is 1. The third-order valence-corrected chi connectivity index (χ3v) is 7.34. The second-order valence-corrected chi connectivity index (χ2v) is 9.38. The molecule has 2 N–H and O–H groups in total. The van der Waals surface area contributed by atoms with Gasteiger partial charge in [0.2, 0.25) is 0 Å². The summed E-state index contributed by atoms with van der Waals surface area (Å²) >= 11 is 0. The van der Waals surface area contributed by atoms with Crippen LogP contribution in [0, 0.1) is 16.7 Å². The summed E-state index contributed by atoms with van der Waals surface area (Å²) in [5.74, 6) is 0.426. The van der Waals surface area contributed by atoms with E-state index in [0.717, 1.165) is 25.9 Å². The lowest BCUT2D eigenvalue weighted by Crippen LogP contribution is -2.49. The van der Waals surface area contributed by atoms with Gasteiger partial charge < -0.3 is 5.32 Å². The Balaban J connectivity index is 1.97. The monoisotopic (exact) mass is 317 g/mol. The average Bonchev–Trinajstić information content (AvgIpc) is 2.79. The van der Waals surface area contributed by atoms with Crippen molar-refractivity contribution in [3.05, 3.63) is 0 Å². The average molecular weight is 317 g/mol. The molecule has 0 spiro atoms. The van der Waals surface area contributed by atoms with Crippen LogP contribution in [0.5, 0.6) is 0 Å². The number of nitrogens with one attached hydrogen (secondary N) is 2. The van der Waals surface area contributed by atoms with Crippen molar-refractivity contribution >= 4 is 10.2 Å². The maximum Gasteiger partial charge on any atom is 0.279 e. The highest BCUT2D eigenvalue weighted by Gasteiger charge is 2.66. The zero-order valence-electron chi connectivity index (χ0n) is 14.1. The summed E-state index contributed by atoms with van der Waals surface area (Å²) in [6, 6.07) is 0.0316. The standard InChI is InChI=1S/C15H31N3O2S/c1-6-16-10-12-8-7-9-18(11-12)21(19,20)17-13-14(2,3)15(13,4)5/h12-13,16-17H,6-11H2,1-5H3. The van der Waals surface area contributed by atoms with E-state index >= 15 is 0 Å². The van der Waals surface area contributed by atoms with Gasteiger partial charge in [-0.15, -0.1) is 0 Å². The first-order valence-electron chi connectivity index (χ1n) is 8.11. The maximum absolute atomic E-state index is 12.6. The first-order valence-corrected chi connectivity index (χ1v) is 9.55. The third-order valence-electron chi connectivity index (χ3n) is 5.79. The molecule has 0 amide bonds. The van der Waals surface area contributed by atoms with Crippen LogP contribution in [0.4, 0.5) is 0 Å². The van der Waals surface area contributed by atoms with Gasteiger partial charge in [0.25, 0.3) is 10.2 Å². The molecule has 5 nitrogen and oxygen atoms in total. The van der Waals surface area contributed by atoms with E-state index < -0.39 is 10.2 Å². The van der Waals surface area contributed by atoms with Gasteiger partial charge in [-0.05, 0) is 42.7 Å². The Morgan fingerprint density at radius 2 is 1.81 bits per heavy atom. The first-order chi connectivity index (χ1) is 9.63. The molecule has 0 aromatic heterocycles. The molecular formula is C15H31N3O2S. The van der Waals surface area contributed by atoms with Crippen LogP contribution in [-0.4, -0.2) is 44.9 Å². The van der Waals surface area contributed by atoms with E-state index in [-0.39, 0.29) is 16.9 Å². The zero-order valence-corrected chi connectivity index (χ0v) is 14.9. The molecule has 0 bridgehead atoms. The first kappa shape index (κ1) is 17.2. The molecule has 0 radical (unpaired) electrons. The van der Waals surface area contributed by atoms with E-state index in [2.05, 4.69) is 44.7 Å². The summed E-state index contributed by atoms with van der Waals surface area (Å²) in [6.07, 6.45) is 2.06. The van der Waals surface area contributed by atoms with Crippen molar-refractivity contribution in [2.24, 2.45) is 16.7 Å². The van der Waals surface area contributed by atoms with Gasteiger partial charge in [-0.1, -0.05) is 34.6 Å². The number of hydrogen-bond donors (Lipinski definition) is 2. The molecule has 1 aliphatic heterocycles. The summed E-state index contributed by atoms with van der Waals surface area (Å²) in [5, 5.41) is 3.33. The fourth-order valence-electron chi connectivity index (χ4n) is 3.47. The van der Waals surface area contributed by atoms with Gasteiger partial charge in [0.1, 0.15) is 0 Å². The molecule has 0 aromatic rings. The smallest absolute Gasteiger partial charge is 0.279 e. The summed E-state index contributed by atoms with van der Waals surface area (Å²) in [6.45, 7) is 13.7. The van der Waals surface area contributed by atoms with Crippen molar-refractivity contribution in [3.63, 3.8) is 0 Å². The van der Waals surface area contributed by atoms with Gasteiger partial charge in [0.15, 0.2) is 0 Å². The molecule has 124 valence electrons. The topological polar surface area (TPSA) is 61.4 Å². The largest absolute Gasteiger partial charge is 0.317 e. The van der Waals surface area contributed by atoms with E-state index in [1.54, 1.807) is 4.31 Å². The Morgan fingerprint density at radius 1 is 1.19 bits per heavy atom. The van der Waals surface area contributed by atoms with Crippen molar-refractivity contribution in [2.75, 3.05) is 26.2 Å². The normalized spacial score (nSPS) is 29.5. The molecule has 1 saturated carbocycles. The lowest BCUT2D eigenvalue weighted by Gasteiger charge is -2.32. The molecule has 2 aliphatic rings. The van der Waals surface area contributed by atoms with Crippen LogP contribution in [0.3, 0.4) is 0 Å². The van der Waals surface area contributed by atoms with Crippen LogP contribution in [-0.2, 0) is 10.2 Å². The fraction of sp³-hybridized carbons (Fsp3) is 1.00. The molecule has 1 heterocycles. The van der Waals surface area contributed by atoms with Crippen LogP contribution in [0.1, 0.15) is 47.5 Å². The van der Waals surface area contributed by atoms with E-state index in [9.17, 15) is 8.42 Å². The quantitative estimate of drug-likeness (QED) is 0.782. The second-order valence-electron chi connectivity index (χ2n) is 7.67. The third kappa shape index (κ3) is 3.28. The van der Waals surface area contributed by atoms with E-state index in [4.69, 9.17) is 0 Å². The minimum atomic E-state index is -3.36. The summed E-state index contributed by atoms with van der Waals surface area (Å²) < 4.78 is 29.8. The van der Waals surface area contributed by atoms with Crippen LogP contribution in [0.15, 0.2) is 0 Å². The molecule has 2 fully saturated rings. The molecule has 1 saturated heterocycles. The van der Waals surface area contributed by atoms with Crippen LogP contribution >= 0.6 is 0 Å². The molecule has 21 heavy (non-hydrogen) atoms. The summed E-state index contributed by atoms with van der Waals surface area (Å²) in [5.41, 5.74) is 0.0536. The van der Waals surface area contributed by atoms with Crippen molar-refractivity contribution < 1.29 is 8.42 Å². The van der Waals surface area contributed by atoms with E-state index in [1.165, 1.54) is 0 Å². The van der Waals surface area contributed by atoms with Gasteiger partial charge in [-0.25, -0.2) is 0 Å². The number of rotatable bonds is 6. The molecule has 1 aliphatic carbocycles. The van der Waals surface area contributed by atoms with Crippen molar-refractivity contribution in [3.8, 4) is 0 Å². The summed E-state index contributed by atoms with van der Waals surface area (Å²) in [4.78, 5) is 0. The minimum absolute atomic E-state index is 0.0268. The highest BCUT2D eigenvalue weighted by molar-refractivity contribution is 7.87. The van der Waals surface area contributed by atoms with Crippen LogP contribution < -0.4 is 10.0 Å². The molecule has 6 heteroatoms. The Kier molecular flexibility index (Phi) is 4.74. The van der Waals surface area contributed by atoms with Crippen molar-refractivity contribution in [2.45, 2.75) is 53.5 Å². The predicted octanol–water partition coefficient (Wildman–Crippen LogP) is 1.58. The van der Waals surface area contributed by atoms with Gasteiger partial charge in [0.05, 0.1) is 0 Å². The number of hydrogen-bond acceptors (Lipinski definition) is 3. The highest BCUT2D eigenvalue weighted by Crippen LogP contribution is 2.62. The van der Waals surface area contributed by atoms with Crippen molar-refractivity contribution in [1.82, 2.24) is 14.3 Å². The lowest BCUT2D eigenvalue weighted by molar-refractivity contribution is 0.258. The Hall–Kier alpha value is -0.170. The molecular weight excluding hydrogens is 286 g/mol. The van der Waals surface area contributed by atoms with Gasteiger partial charge in [-0.3, -0.25) is 0 Å². The predicted molar refractivity (Wildman–Crippen MR) is 86.2 cm³/mol. The van der Waals surface area contributed by atoms with Crippen LogP contribution in [0.2, 0.25) is 0 Å². The zero-order chi connectivity index (χ0) is 15.9. The van der Waals surface area contributed by atoms with Gasteiger partial charge in [-0.2, -0.15) is 17.4 Å². The second kappa shape index (κ2) is 5.80. The highest BCUT2D eigenvalue weighted by atomic mass is 32.2. The Labute approximate surface area is 130 Å². The molecule has 1 unspecified atom stereocenters. The lowest BCUT2D eigenvalue weighted by atomic mass is 10.00. The summed E-state index contributed by atoms with van der Waals surface area (Å²) in [7, 11) is -3.36. The minimum Gasteiger partial charge on any atom is -0.317 e. The molecule has 2 rings (SSSR count).